The quantitative estimate of drug-likeness (QED) is 0.707. The van der Waals surface area contributed by atoms with Gasteiger partial charge in [-0.25, -0.2) is 0 Å². The van der Waals surface area contributed by atoms with E-state index in [1.807, 2.05) is 24.4 Å². The van der Waals surface area contributed by atoms with Crippen LogP contribution >= 0.6 is 11.3 Å². The van der Waals surface area contributed by atoms with Crippen LogP contribution in [0.2, 0.25) is 0 Å². The lowest BCUT2D eigenvalue weighted by Crippen LogP contribution is -2.33. The van der Waals surface area contributed by atoms with Gasteiger partial charge in [-0.05, 0) is 73.7 Å². The molecule has 0 spiro atoms. The van der Waals surface area contributed by atoms with Gasteiger partial charge < -0.3 is 16.4 Å². The summed E-state index contributed by atoms with van der Waals surface area (Å²) in [7, 11) is 0. The first-order chi connectivity index (χ1) is 13.1. The van der Waals surface area contributed by atoms with Gasteiger partial charge in [0.2, 0.25) is 0 Å². The molecule has 1 fully saturated rings. The van der Waals surface area contributed by atoms with Crippen LogP contribution in [0.3, 0.4) is 0 Å². The normalized spacial score (nSPS) is 19.5. The zero-order valence-corrected chi connectivity index (χ0v) is 16.5. The molecule has 1 saturated carbocycles. The highest BCUT2D eigenvalue weighted by Gasteiger charge is 2.21. The lowest BCUT2D eigenvalue weighted by molar-refractivity contribution is 0.0939. The summed E-state index contributed by atoms with van der Waals surface area (Å²) in [5.41, 5.74) is 7.95. The third kappa shape index (κ3) is 5.17. The molecule has 3 rings (SSSR count). The fourth-order valence-electron chi connectivity index (χ4n) is 3.63. The Morgan fingerprint density at radius 3 is 2.74 bits per heavy atom. The fraction of sp³-hybridized carbons (Fsp3) is 0.429. The Hall–Kier alpha value is -2.18. The molecule has 2 amide bonds. The molecule has 1 aliphatic carbocycles. The first-order valence-corrected chi connectivity index (χ1v) is 10.4. The van der Waals surface area contributed by atoms with Crippen LogP contribution < -0.4 is 16.4 Å². The molecule has 27 heavy (non-hydrogen) atoms. The molecule has 1 aromatic carbocycles. The summed E-state index contributed by atoms with van der Waals surface area (Å²) in [6.45, 7) is 3.33. The van der Waals surface area contributed by atoms with Crippen molar-refractivity contribution in [1.82, 2.24) is 5.32 Å². The molecule has 0 radical (unpaired) electrons. The standard InChI is InChI=1S/C21H27N3O2S/c1-14-7-8-17(11-18(14)24-21(26)19-6-3-9-27-19)20(25)23-13-16-5-2-4-15(10-16)12-22/h3,6-9,11,15-16H,2,4-5,10,12-13,22H2,1H3,(H,23,25)(H,24,26). The van der Waals surface area contributed by atoms with Gasteiger partial charge >= 0.3 is 0 Å². The van der Waals surface area contributed by atoms with E-state index in [1.165, 1.54) is 24.2 Å². The van der Waals surface area contributed by atoms with E-state index in [-0.39, 0.29) is 11.8 Å². The number of carbonyl (C=O) groups excluding carboxylic acids is 2. The van der Waals surface area contributed by atoms with E-state index in [2.05, 4.69) is 10.6 Å². The minimum Gasteiger partial charge on any atom is -0.352 e. The van der Waals surface area contributed by atoms with Crippen molar-refractivity contribution in [1.29, 1.82) is 0 Å². The third-order valence-corrected chi connectivity index (χ3v) is 6.14. The molecule has 0 bridgehead atoms. The molecule has 2 atom stereocenters. The highest BCUT2D eigenvalue weighted by molar-refractivity contribution is 7.12. The third-order valence-electron chi connectivity index (χ3n) is 5.27. The van der Waals surface area contributed by atoms with Crippen LogP contribution in [-0.4, -0.2) is 24.9 Å². The molecule has 4 N–H and O–H groups in total. The van der Waals surface area contributed by atoms with Gasteiger partial charge in [0.15, 0.2) is 0 Å². The summed E-state index contributed by atoms with van der Waals surface area (Å²) < 4.78 is 0. The Morgan fingerprint density at radius 2 is 2.00 bits per heavy atom. The van der Waals surface area contributed by atoms with Crippen molar-refractivity contribution in [3.63, 3.8) is 0 Å². The maximum atomic E-state index is 12.6. The number of nitrogens with one attached hydrogen (secondary N) is 2. The Kier molecular flexibility index (Phi) is 6.63. The second kappa shape index (κ2) is 9.15. The van der Waals surface area contributed by atoms with E-state index in [0.717, 1.165) is 24.9 Å². The van der Waals surface area contributed by atoms with E-state index in [0.29, 0.717) is 34.5 Å². The Balaban J connectivity index is 1.61. The molecule has 0 saturated heterocycles. The van der Waals surface area contributed by atoms with Crippen LogP contribution in [0.25, 0.3) is 0 Å². The van der Waals surface area contributed by atoms with Crippen molar-refractivity contribution in [2.75, 3.05) is 18.4 Å². The highest BCUT2D eigenvalue weighted by Crippen LogP contribution is 2.28. The predicted octanol–water partition coefficient (Wildman–Crippen LogP) is 3.80. The van der Waals surface area contributed by atoms with Crippen molar-refractivity contribution in [2.24, 2.45) is 17.6 Å². The summed E-state index contributed by atoms with van der Waals surface area (Å²) in [5.74, 6) is 0.830. The number of carbonyl (C=O) groups is 2. The highest BCUT2D eigenvalue weighted by atomic mass is 32.1. The van der Waals surface area contributed by atoms with Crippen LogP contribution in [0, 0.1) is 18.8 Å². The first kappa shape index (κ1) is 19.6. The van der Waals surface area contributed by atoms with Crippen molar-refractivity contribution >= 4 is 28.8 Å². The molecule has 2 aromatic rings. The average Bonchev–Trinajstić information content (AvgIpc) is 3.23. The van der Waals surface area contributed by atoms with Gasteiger partial charge in [-0.1, -0.05) is 18.6 Å². The van der Waals surface area contributed by atoms with Gasteiger partial charge in [-0.15, -0.1) is 11.3 Å². The number of anilines is 1. The number of hydrogen-bond acceptors (Lipinski definition) is 4. The molecule has 1 heterocycles. The predicted molar refractivity (Wildman–Crippen MR) is 110 cm³/mol. The van der Waals surface area contributed by atoms with Crippen LogP contribution in [0.5, 0.6) is 0 Å². The Morgan fingerprint density at radius 1 is 1.19 bits per heavy atom. The van der Waals surface area contributed by atoms with Crippen LogP contribution in [0.15, 0.2) is 35.7 Å². The lowest BCUT2D eigenvalue weighted by atomic mass is 9.81. The summed E-state index contributed by atoms with van der Waals surface area (Å²) in [5, 5.41) is 7.82. The van der Waals surface area contributed by atoms with Gasteiger partial charge in [0.25, 0.3) is 11.8 Å². The number of hydrogen-bond donors (Lipinski definition) is 3. The monoisotopic (exact) mass is 385 g/mol. The smallest absolute Gasteiger partial charge is 0.265 e. The topological polar surface area (TPSA) is 84.2 Å². The maximum Gasteiger partial charge on any atom is 0.265 e. The first-order valence-electron chi connectivity index (χ1n) is 9.50. The van der Waals surface area contributed by atoms with Gasteiger partial charge in [0.05, 0.1) is 4.88 Å². The molecule has 5 nitrogen and oxygen atoms in total. The molecule has 6 heteroatoms. The van der Waals surface area contributed by atoms with Gasteiger partial charge in [0, 0.05) is 17.8 Å². The molecular formula is C21H27N3O2S. The summed E-state index contributed by atoms with van der Waals surface area (Å²) in [4.78, 5) is 25.5. The van der Waals surface area contributed by atoms with Crippen molar-refractivity contribution < 1.29 is 9.59 Å². The second-order valence-electron chi connectivity index (χ2n) is 7.31. The minimum atomic E-state index is -0.152. The van der Waals surface area contributed by atoms with Gasteiger partial charge in [-0.3, -0.25) is 9.59 Å². The fourth-order valence-corrected chi connectivity index (χ4v) is 4.25. The van der Waals surface area contributed by atoms with Crippen molar-refractivity contribution in [2.45, 2.75) is 32.6 Å². The van der Waals surface area contributed by atoms with Crippen LogP contribution in [0.4, 0.5) is 5.69 Å². The van der Waals surface area contributed by atoms with Crippen molar-refractivity contribution in [3.8, 4) is 0 Å². The Labute approximate surface area is 164 Å². The maximum absolute atomic E-state index is 12.6. The number of rotatable bonds is 6. The molecule has 1 aromatic heterocycles. The van der Waals surface area contributed by atoms with E-state index < -0.39 is 0 Å². The summed E-state index contributed by atoms with van der Waals surface area (Å²) >= 11 is 1.39. The number of nitrogens with two attached hydrogens (primary N) is 1. The minimum absolute atomic E-state index is 0.100. The molecule has 0 aliphatic heterocycles. The number of benzene rings is 1. The number of thiophene rings is 1. The molecule has 144 valence electrons. The molecule has 2 unspecified atom stereocenters. The Bertz CT molecular complexity index is 789. The van der Waals surface area contributed by atoms with Crippen LogP contribution in [-0.2, 0) is 0 Å². The lowest BCUT2D eigenvalue weighted by Gasteiger charge is -2.28. The number of amides is 2. The largest absolute Gasteiger partial charge is 0.352 e. The SMILES string of the molecule is Cc1ccc(C(=O)NCC2CCCC(CN)C2)cc1NC(=O)c1cccs1. The van der Waals surface area contributed by atoms with E-state index in [9.17, 15) is 9.59 Å². The van der Waals surface area contributed by atoms with Gasteiger partial charge in [0.1, 0.15) is 0 Å². The van der Waals surface area contributed by atoms with Crippen molar-refractivity contribution in [3.05, 3.63) is 51.7 Å². The zero-order valence-electron chi connectivity index (χ0n) is 15.7. The number of aryl methyl sites for hydroxylation is 1. The molecular weight excluding hydrogens is 358 g/mol. The summed E-state index contributed by atoms with van der Waals surface area (Å²) in [6.07, 6.45) is 4.62. The summed E-state index contributed by atoms with van der Waals surface area (Å²) in [6, 6.07) is 9.04. The van der Waals surface area contributed by atoms with Crippen LogP contribution in [0.1, 0.15) is 51.3 Å². The average molecular weight is 386 g/mol. The van der Waals surface area contributed by atoms with Gasteiger partial charge in [-0.2, -0.15) is 0 Å². The molecule has 1 aliphatic rings. The van der Waals surface area contributed by atoms with E-state index in [1.54, 1.807) is 18.2 Å². The van der Waals surface area contributed by atoms with E-state index >= 15 is 0 Å². The second-order valence-corrected chi connectivity index (χ2v) is 8.25. The zero-order chi connectivity index (χ0) is 19.2. The van der Waals surface area contributed by atoms with E-state index in [4.69, 9.17) is 5.73 Å².